The predicted octanol–water partition coefficient (Wildman–Crippen LogP) is 27.1. The molecule has 6 heteroatoms. The average Bonchev–Trinajstić information content (AvgIpc) is 1.57. The summed E-state index contributed by atoms with van der Waals surface area (Å²) in [6, 6.07) is 111. The van der Waals surface area contributed by atoms with Crippen molar-refractivity contribution in [3.8, 4) is 50.2 Å². The van der Waals surface area contributed by atoms with Crippen molar-refractivity contribution in [1.29, 1.82) is 0 Å². The maximum Gasteiger partial charge on any atom is 0.252 e. The fourth-order valence-corrected chi connectivity index (χ4v) is 19.3. The van der Waals surface area contributed by atoms with Crippen LogP contribution in [-0.2, 0) is 48.8 Å². The van der Waals surface area contributed by atoms with Gasteiger partial charge in [0.1, 0.15) is 0 Å². The predicted molar refractivity (Wildman–Crippen MR) is 507 cm³/mol. The lowest BCUT2D eigenvalue weighted by Crippen LogP contribution is -2.62. The molecule has 0 bridgehead atoms. The van der Waals surface area contributed by atoms with Gasteiger partial charge in [0.15, 0.2) is 0 Å². The zero-order valence-corrected chi connectivity index (χ0v) is 68.8. The lowest BCUT2D eigenvalue weighted by atomic mass is 9.33. The number of anilines is 4. The molecule has 2 aliphatic heterocycles. The van der Waals surface area contributed by atoms with Gasteiger partial charge in [0.2, 0.25) is 0 Å². The summed E-state index contributed by atoms with van der Waals surface area (Å²) in [5.41, 5.74) is 32.0. The minimum Gasteiger partial charge on any atom is -0.338 e. The first-order chi connectivity index (χ1) is 61.2. The van der Waals surface area contributed by atoms with Gasteiger partial charge in [-0.25, -0.2) is 0 Å². The van der Waals surface area contributed by atoms with Crippen LogP contribution in [0.25, 0.3) is 116 Å². The first-order valence-corrected chi connectivity index (χ1v) is 41.8. The molecule has 3 aromatic heterocycles. The number of benzene rings is 16. The van der Waals surface area contributed by atoms with Gasteiger partial charge in [-0.15, -0.1) is 0 Å². The molecule has 576 valence electrons. The first kappa shape index (κ1) is 64.7. The summed E-state index contributed by atoms with van der Waals surface area (Å²) in [6.07, 6.45) is 0.677. The molecule has 0 fully saturated rings. The van der Waals surface area contributed by atoms with Crippen LogP contribution < -0.4 is 26.2 Å². The Kier molecular flexibility index (Phi) is 15.6. The van der Waals surface area contributed by atoms with Gasteiger partial charge in [0.05, 0.1) is 22.0 Å². The summed E-state index contributed by atoms with van der Waals surface area (Å²) < 4.78 is 81.8. The minimum absolute atomic E-state index is 0.0170. The van der Waals surface area contributed by atoms with E-state index in [1.807, 2.05) is 0 Å². The first-order valence-electron chi connectivity index (χ1n) is 45.8. The Labute approximate surface area is 710 Å². The second-order valence-corrected chi connectivity index (χ2v) is 35.8. The van der Waals surface area contributed by atoms with Crippen LogP contribution in [0.3, 0.4) is 0 Å². The van der Waals surface area contributed by atoms with Crippen molar-refractivity contribution >= 4 is 111 Å². The number of hydrogen-bond acceptors (Lipinski definition) is 2. The topological polar surface area (TPSA) is 21.3 Å². The lowest BCUT2D eigenvalue weighted by Gasteiger charge is -2.45. The van der Waals surface area contributed by atoms with Crippen molar-refractivity contribution in [2.75, 3.05) is 9.80 Å². The van der Waals surface area contributed by atoms with Crippen molar-refractivity contribution in [3.05, 3.63) is 408 Å². The summed E-state index contributed by atoms with van der Waals surface area (Å²) in [4.78, 5) is 5.25. The largest absolute Gasteiger partial charge is 0.338 e. The van der Waals surface area contributed by atoms with E-state index in [1.165, 1.54) is 44.2 Å². The van der Waals surface area contributed by atoms with Crippen LogP contribution in [0.1, 0.15) is 123 Å². The van der Waals surface area contributed by atoms with Crippen molar-refractivity contribution in [2.24, 2.45) is 0 Å². The molecule has 0 aliphatic carbocycles. The van der Waals surface area contributed by atoms with Gasteiger partial charge in [-0.05, 0) is 206 Å². The summed E-state index contributed by atoms with van der Waals surface area (Å²) >= 11 is 0. The quantitative estimate of drug-likeness (QED) is 0.0954. The molecular formula is C113H96BN5. The van der Waals surface area contributed by atoms with Crippen LogP contribution in [0.15, 0.2) is 358 Å². The van der Waals surface area contributed by atoms with E-state index in [4.69, 9.17) is 2.74 Å². The molecule has 5 nitrogen and oxygen atoms in total. The monoisotopic (exact) mass is 1540 g/mol. The van der Waals surface area contributed by atoms with Gasteiger partial charge in [-0.3, -0.25) is 0 Å². The maximum atomic E-state index is 9.76. The molecule has 0 N–H and O–H groups in total. The molecule has 119 heavy (non-hydrogen) atoms. The van der Waals surface area contributed by atoms with Crippen LogP contribution in [0.5, 0.6) is 0 Å². The summed E-state index contributed by atoms with van der Waals surface area (Å²) in [5, 5.41) is 4.80. The highest BCUT2D eigenvalue weighted by Crippen LogP contribution is 2.48. The van der Waals surface area contributed by atoms with Gasteiger partial charge in [0, 0.05) is 109 Å². The van der Waals surface area contributed by atoms with E-state index in [0.29, 0.717) is 26.1 Å². The fraction of sp³-hybridized carbons (Fsp3) is 0.150. The van der Waals surface area contributed by atoms with Gasteiger partial charge in [0.25, 0.3) is 6.71 Å². The van der Waals surface area contributed by atoms with Crippen molar-refractivity contribution in [1.82, 2.24) is 13.7 Å². The Morgan fingerprint density at radius 1 is 0.277 bits per heavy atom. The molecule has 21 rings (SSSR count). The van der Waals surface area contributed by atoms with Crippen LogP contribution >= 0.6 is 0 Å². The molecular weight excluding hydrogens is 1440 g/mol. The van der Waals surface area contributed by atoms with E-state index in [2.05, 4.69) is 391 Å². The summed E-state index contributed by atoms with van der Waals surface area (Å²) in [6.45, 7) is 21.7. The van der Waals surface area contributed by atoms with Gasteiger partial charge in [-0.1, -0.05) is 347 Å². The van der Waals surface area contributed by atoms with Gasteiger partial charge >= 0.3 is 0 Å². The third kappa shape index (κ3) is 12.9. The smallest absolute Gasteiger partial charge is 0.252 e. The Morgan fingerprint density at radius 2 is 0.672 bits per heavy atom. The maximum absolute atomic E-state index is 9.76. The number of nitrogens with zero attached hydrogens (tertiary/aromatic N) is 5. The highest BCUT2D eigenvalue weighted by molar-refractivity contribution is 7.00. The van der Waals surface area contributed by atoms with Crippen LogP contribution in [0, 0.1) is 0 Å². The molecule has 16 aromatic carbocycles. The van der Waals surface area contributed by atoms with E-state index in [0.717, 1.165) is 139 Å². The minimum atomic E-state index is -0.478. The number of rotatable bonds is 15. The summed E-state index contributed by atoms with van der Waals surface area (Å²) in [5.74, 6) is 0. The molecule has 0 unspecified atom stereocenters. The number of fused-ring (bicyclic) bond motifs is 13. The van der Waals surface area contributed by atoms with Gasteiger partial charge in [-0.2, -0.15) is 0 Å². The number of para-hydroxylation sites is 5. The van der Waals surface area contributed by atoms with E-state index in [9.17, 15) is 8.22 Å². The number of aromatic nitrogens is 3. The van der Waals surface area contributed by atoms with Crippen molar-refractivity contribution < 1.29 is 11.0 Å². The standard InChI is InChI=1S/C113H96BN5/c1-111(2,3)82-60-76(61-83(66-82)112(4,5)6)59-74-53-56-98-106(62-74)117(72-96-86(78-33-14-10-15-34-78)46-32-47-87(96)79-35-16-11-17-36-79)108-64-77(71-116-102-50-29-24-45-92(102)95-69-85(55-58-103(95)116)119-104-51-30-25-43-90(104)91-44-26-31-52-105(91)119)65-109-110(108)114(98)99-57-54-75(70-115-100-48-27-22-41-88(100)89-42-23-28-49-101(89)115)63-107(99)118(109)73-97-93(80-37-18-12-19-38-80)67-84(113(7,8)9)68-94(97)81-39-20-13-21-40-81/h10-58,60-69H,59,70-73H2,1-9H3/i22D,23D,27D,28D,41D,42D,48D,49D. The molecule has 0 saturated heterocycles. The van der Waals surface area contributed by atoms with Crippen molar-refractivity contribution in [3.63, 3.8) is 0 Å². The third-order valence-corrected chi connectivity index (χ3v) is 25.3. The van der Waals surface area contributed by atoms with Crippen LogP contribution in [0.2, 0.25) is 0 Å². The van der Waals surface area contributed by atoms with Gasteiger partial charge < -0.3 is 23.5 Å². The normalized spacial score (nSPS) is 13.8. The SMILES string of the molecule is [2H]c1c([2H])c([2H])c2c(c1[2H])c1c([2H])c([2H])c([2H])c([2H])c1n2Cc1ccc2c(c1)N(Cc1c(-c3ccccc3)cc(C(C)(C)C)cc1-c1ccccc1)c1cc(Cn3c4ccccc4c4cc(-n5c6ccccc6c6ccccc65)ccc43)cc3c1B2c1ccc(Cc2cc(C(C)(C)C)cc(C(C)(C)C)c2)cc1N3Cc1c(-c2ccccc2)cccc1-c1ccccc1. The zero-order valence-electron chi connectivity index (χ0n) is 76.8. The molecule has 19 aromatic rings. The highest BCUT2D eigenvalue weighted by Gasteiger charge is 2.44. The van der Waals surface area contributed by atoms with Crippen molar-refractivity contribution in [2.45, 2.75) is 111 Å². The highest BCUT2D eigenvalue weighted by atomic mass is 15.2. The molecule has 5 heterocycles. The molecule has 2 aliphatic rings. The van der Waals surface area contributed by atoms with E-state index in [1.54, 1.807) is 4.57 Å². The zero-order chi connectivity index (χ0) is 87.5. The Morgan fingerprint density at radius 3 is 1.18 bits per heavy atom. The average molecular weight is 1540 g/mol. The van der Waals surface area contributed by atoms with E-state index < -0.39 is 24.2 Å². The summed E-state index contributed by atoms with van der Waals surface area (Å²) in [7, 11) is 0. The third-order valence-electron chi connectivity index (χ3n) is 25.3. The number of hydrogen-bond donors (Lipinski definition) is 0. The van der Waals surface area contributed by atoms with E-state index in [-0.39, 0.29) is 75.5 Å². The molecule has 0 spiro atoms. The Hall–Kier alpha value is -13.4. The molecule has 0 amide bonds. The lowest BCUT2D eigenvalue weighted by molar-refractivity contribution is 0.567. The Balaban J connectivity index is 0.873. The fourth-order valence-electron chi connectivity index (χ4n) is 19.3. The Bertz CT molecular complexity index is 7440. The molecule has 0 radical (unpaired) electrons. The second-order valence-electron chi connectivity index (χ2n) is 35.8. The molecule has 0 atom stereocenters. The molecule has 0 saturated carbocycles. The van der Waals surface area contributed by atoms with Crippen LogP contribution in [0.4, 0.5) is 22.7 Å². The second kappa shape index (κ2) is 28.7. The van der Waals surface area contributed by atoms with E-state index >= 15 is 0 Å². The van der Waals surface area contributed by atoms with Crippen LogP contribution in [-0.4, -0.2) is 20.4 Å².